The van der Waals surface area contributed by atoms with Crippen LogP contribution in [-0.4, -0.2) is 36.0 Å². The summed E-state index contributed by atoms with van der Waals surface area (Å²) in [7, 11) is 0. The third kappa shape index (κ3) is 4.43. The molecule has 1 aliphatic heterocycles. The summed E-state index contributed by atoms with van der Waals surface area (Å²) >= 11 is 0. The number of carbonyl (C=O) groups excluding carboxylic acids is 2. The molecular formula is C20H23FN4O2. The van der Waals surface area contributed by atoms with Crippen molar-refractivity contribution in [3.8, 4) is 0 Å². The van der Waals surface area contributed by atoms with Crippen LogP contribution in [0, 0.1) is 5.82 Å². The van der Waals surface area contributed by atoms with E-state index in [1.54, 1.807) is 11.8 Å². The number of anilines is 1. The lowest BCUT2D eigenvalue weighted by Gasteiger charge is -2.29. The summed E-state index contributed by atoms with van der Waals surface area (Å²) in [4.78, 5) is 26.6. The van der Waals surface area contributed by atoms with Crippen LogP contribution in [0.1, 0.15) is 18.9 Å². The second-order valence-corrected chi connectivity index (χ2v) is 6.91. The number of nitrogens with zero attached hydrogens (tertiary/aromatic N) is 1. The van der Waals surface area contributed by atoms with Crippen molar-refractivity contribution in [3.05, 3.63) is 66.0 Å². The van der Waals surface area contributed by atoms with Crippen LogP contribution in [0.2, 0.25) is 0 Å². The average molecular weight is 370 g/mol. The second-order valence-electron chi connectivity index (χ2n) is 6.91. The van der Waals surface area contributed by atoms with Crippen LogP contribution in [0.25, 0.3) is 0 Å². The molecule has 1 heterocycles. The van der Waals surface area contributed by atoms with Gasteiger partial charge in [0.1, 0.15) is 11.4 Å². The Hall–Kier alpha value is -2.93. The highest BCUT2D eigenvalue weighted by atomic mass is 19.1. The Morgan fingerprint density at radius 3 is 2.48 bits per heavy atom. The summed E-state index contributed by atoms with van der Waals surface area (Å²) in [5.41, 5.74) is 6.43. The largest absolute Gasteiger partial charge is 0.339 e. The van der Waals surface area contributed by atoms with Gasteiger partial charge in [0.05, 0.1) is 0 Å². The van der Waals surface area contributed by atoms with Crippen LogP contribution < -0.4 is 16.4 Å². The molecule has 1 fully saturated rings. The maximum atomic E-state index is 12.9. The zero-order valence-corrected chi connectivity index (χ0v) is 15.1. The Morgan fingerprint density at radius 1 is 1.15 bits per heavy atom. The minimum Gasteiger partial charge on any atom is -0.339 e. The number of hydrogen-bond donors (Lipinski definition) is 3. The van der Waals surface area contributed by atoms with Gasteiger partial charge in [-0.2, -0.15) is 0 Å². The van der Waals surface area contributed by atoms with Gasteiger partial charge in [-0.15, -0.1) is 0 Å². The Bertz CT molecular complexity index is 808. The molecule has 0 spiro atoms. The Labute approximate surface area is 157 Å². The predicted octanol–water partition coefficient (Wildman–Crippen LogP) is 2.42. The third-order valence-electron chi connectivity index (χ3n) is 4.73. The molecular weight excluding hydrogens is 347 g/mol. The number of urea groups is 1. The summed E-state index contributed by atoms with van der Waals surface area (Å²) < 4.78 is 12.9. The third-order valence-corrected chi connectivity index (χ3v) is 4.73. The fourth-order valence-electron chi connectivity index (χ4n) is 3.18. The topological polar surface area (TPSA) is 87.5 Å². The molecule has 0 saturated carbocycles. The van der Waals surface area contributed by atoms with Gasteiger partial charge in [0.2, 0.25) is 5.91 Å². The van der Waals surface area contributed by atoms with Gasteiger partial charge in [-0.25, -0.2) is 9.18 Å². The highest BCUT2D eigenvalue weighted by Gasteiger charge is 2.37. The summed E-state index contributed by atoms with van der Waals surface area (Å²) in [5.74, 6) is -0.536. The maximum Gasteiger partial charge on any atom is 0.319 e. The van der Waals surface area contributed by atoms with Gasteiger partial charge < -0.3 is 21.3 Å². The van der Waals surface area contributed by atoms with E-state index in [0.29, 0.717) is 25.2 Å². The van der Waals surface area contributed by atoms with Crippen molar-refractivity contribution < 1.29 is 14.0 Å². The van der Waals surface area contributed by atoms with Gasteiger partial charge >= 0.3 is 6.03 Å². The van der Waals surface area contributed by atoms with E-state index in [0.717, 1.165) is 5.56 Å². The van der Waals surface area contributed by atoms with E-state index in [-0.39, 0.29) is 23.8 Å². The molecule has 6 nitrogen and oxygen atoms in total. The SMILES string of the molecule is CC(N)(C(=O)N1CCC(NC(=O)Nc2ccc(F)cc2)C1)c1ccccc1. The Morgan fingerprint density at radius 2 is 1.81 bits per heavy atom. The van der Waals surface area contributed by atoms with Gasteiger partial charge in [0.15, 0.2) is 0 Å². The molecule has 1 aliphatic rings. The number of nitrogens with two attached hydrogens (primary N) is 1. The Kier molecular flexibility index (Phi) is 5.41. The van der Waals surface area contributed by atoms with Crippen molar-refractivity contribution >= 4 is 17.6 Å². The molecule has 27 heavy (non-hydrogen) atoms. The fourth-order valence-corrected chi connectivity index (χ4v) is 3.18. The van der Waals surface area contributed by atoms with E-state index in [4.69, 9.17) is 5.73 Å². The lowest BCUT2D eigenvalue weighted by Crippen LogP contribution is -2.51. The number of benzene rings is 2. The zero-order chi connectivity index (χ0) is 19.4. The van der Waals surface area contributed by atoms with E-state index in [2.05, 4.69) is 10.6 Å². The molecule has 3 rings (SSSR count). The van der Waals surface area contributed by atoms with Gasteiger partial charge in [-0.05, 0) is 43.2 Å². The van der Waals surface area contributed by atoms with Crippen LogP contribution in [-0.2, 0) is 10.3 Å². The molecule has 0 bridgehead atoms. The van der Waals surface area contributed by atoms with E-state index in [9.17, 15) is 14.0 Å². The number of halogens is 1. The van der Waals surface area contributed by atoms with Gasteiger partial charge in [-0.1, -0.05) is 30.3 Å². The molecule has 0 radical (unpaired) electrons. The number of rotatable bonds is 4. The van der Waals surface area contributed by atoms with E-state index >= 15 is 0 Å². The predicted molar refractivity (Wildman–Crippen MR) is 102 cm³/mol. The van der Waals surface area contributed by atoms with Crippen LogP contribution in [0.3, 0.4) is 0 Å². The Balaban J connectivity index is 1.55. The number of amides is 3. The zero-order valence-electron chi connectivity index (χ0n) is 15.1. The van der Waals surface area contributed by atoms with Crippen LogP contribution >= 0.6 is 0 Å². The van der Waals surface area contributed by atoms with Gasteiger partial charge in [0, 0.05) is 24.8 Å². The molecule has 2 aromatic rings. The molecule has 7 heteroatoms. The van der Waals surface area contributed by atoms with E-state index < -0.39 is 5.54 Å². The molecule has 142 valence electrons. The van der Waals surface area contributed by atoms with Gasteiger partial charge in [-0.3, -0.25) is 4.79 Å². The normalized spacial score (nSPS) is 18.6. The van der Waals surface area contributed by atoms with Crippen molar-refractivity contribution in [2.75, 3.05) is 18.4 Å². The maximum absolute atomic E-state index is 12.9. The molecule has 4 N–H and O–H groups in total. The lowest BCUT2D eigenvalue weighted by molar-refractivity contribution is -0.135. The minimum absolute atomic E-state index is 0.166. The van der Waals surface area contributed by atoms with E-state index in [1.807, 2.05) is 30.3 Å². The second kappa shape index (κ2) is 7.75. The summed E-state index contributed by atoms with van der Waals surface area (Å²) in [6.45, 7) is 2.63. The molecule has 3 amide bonds. The smallest absolute Gasteiger partial charge is 0.319 e. The first kappa shape index (κ1) is 18.8. The summed E-state index contributed by atoms with van der Waals surface area (Å²) in [6, 6.07) is 14.2. The minimum atomic E-state index is -1.12. The van der Waals surface area contributed by atoms with Crippen molar-refractivity contribution in [1.29, 1.82) is 0 Å². The number of hydrogen-bond acceptors (Lipinski definition) is 3. The van der Waals surface area contributed by atoms with Crippen molar-refractivity contribution in [2.45, 2.75) is 24.9 Å². The first-order valence-electron chi connectivity index (χ1n) is 8.83. The fraction of sp³-hybridized carbons (Fsp3) is 0.300. The van der Waals surface area contributed by atoms with E-state index in [1.165, 1.54) is 24.3 Å². The highest BCUT2D eigenvalue weighted by Crippen LogP contribution is 2.23. The lowest BCUT2D eigenvalue weighted by atomic mass is 9.92. The molecule has 2 atom stereocenters. The van der Waals surface area contributed by atoms with Crippen LogP contribution in [0.4, 0.5) is 14.9 Å². The van der Waals surface area contributed by atoms with Crippen LogP contribution in [0.15, 0.2) is 54.6 Å². The van der Waals surface area contributed by atoms with Crippen molar-refractivity contribution in [2.24, 2.45) is 5.73 Å². The van der Waals surface area contributed by atoms with Crippen molar-refractivity contribution in [1.82, 2.24) is 10.2 Å². The van der Waals surface area contributed by atoms with Crippen molar-refractivity contribution in [3.63, 3.8) is 0 Å². The first-order chi connectivity index (χ1) is 12.9. The standard InChI is InChI=1S/C20H23FN4O2/c1-20(22,14-5-3-2-4-6-14)18(26)25-12-11-17(13-25)24-19(27)23-16-9-7-15(21)8-10-16/h2-10,17H,11-13,22H2,1H3,(H2,23,24,27). The van der Waals surface area contributed by atoms with Crippen LogP contribution in [0.5, 0.6) is 0 Å². The molecule has 2 unspecified atom stereocenters. The molecule has 0 aliphatic carbocycles. The van der Waals surface area contributed by atoms with Gasteiger partial charge in [0.25, 0.3) is 0 Å². The summed E-state index contributed by atoms with van der Waals surface area (Å²) in [5, 5.41) is 5.49. The number of likely N-dealkylation sites (tertiary alicyclic amines) is 1. The average Bonchev–Trinajstić information content (AvgIpc) is 3.12. The molecule has 1 saturated heterocycles. The quantitative estimate of drug-likeness (QED) is 0.772. The highest BCUT2D eigenvalue weighted by molar-refractivity contribution is 5.90. The first-order valence-corrected chi connectivity index (χ1v) is 8.83. The molecule has 2 aromatic carbocycles. The summed E-state index contributed by atoms with van der Waals surface area (Å²) in [6.07, 6.45) is 0.646. The monoisotopic (exact) mass is 370 g/mol. The molecule has 0 aromatic heterocycles. The number of nitrogens with one attached hydrogen (secondary N) is 2. The number of carbonyl (C=O) groups is 2.